The lowest BCUT2D eigenvalue weighted by molar-refractivity contribution is -0.137. The number of carbonyl (C=O) groups is 1. The Bertz CT molecular complexity index is 351. The van der Waals surface area contributed by atoms with Gasteiger partial charge in [-0.3, -0.25) is 4.79 Å². The van der Waals surface area contributed by atoms with Crippen LogP contribution >= 0.6 is 0 Å². The van der Waals surface area contributed by atoms with E-state index in [0.717, 1.165) is 19.4 Å². The number of carboxylic acids is 1. The quantitative estimate of drug-likeness (QED) is 0.458. The van der Waals surface area contributed by atoms with Crippen LogP contribution in [0, 0.1) is 0 Å². The average Bonchev–Trinajstić information content (AvgIpc) is 2.41. The highest BCUT2D eigenvalue weighted by molar-refractivity contribution is 5.66. The van der Waals surface area contributed by atoms with Gasteiger partial charge in [-0.25, -0.2) is 0 Å². The lowest BCUT2D eigenvalue weighted by Gasteiger charge is -2.46. The number of nitrogens with one attached hydrogen (secondary N) is 2. The molecule has 0 radical (unpaired) electrons. The molecule has 0 atom stereocenters. The maximum Gasteiger partial charge on any atom is 0.303 e. The second-order valence-electron chi connectivity index (χ2n) is 8.92. The van der Waals surface area contributed by atoms with Crippen LogP contribution in [0.5, 0.6) is 0 Å². The monoisotopic (exact) mass is 340 g/mol. The Balaban J connectivity index is 1.96. The molecule has 142 valence electrons. The Kier molecular flexibility index (Phi) is 9.28. The van der Waals surface area contributed by atoms with Gasteiger partial charge in [0.2, 0.25) is 0 Å². The summed E-state index contributed by atoms with van der Waals surface area (Å²) in [6.45, 7) is 10.4. The predicted octanol–water partition coefficient (Wildman–Crippen LogP) is 4.48. The molecule has 1 rings (SSSR count). The molecule has 1 aliphatic heterocycles. The van der Waals surface area contributed by atoms with Crippen molar-refractivity contribution in [3.05, 3.63) is 0 Å². The molecule has 0 saturated carbocycles. The summed E-state index contributed by atoms with van der Waals surface area (Å²) in [7, 11) is 0. The van der Waals surface area contributed by atoms with E-state index in [1.807, 2.05) is 0 Å². The van der Waals surface area contributed by atoms with Gasteiger partial charge in [0.05, 0.1) is 0 Å². The first kappa shape index (κ1) is 21.4. The molecule has 0 aromatic rings. The smallest absolute Gasteiger partial charge is 0.303 e. The molecule has 3 N–H and O–H groups in total. The summed E-state index contributed by atoms with van der Waals surface area (Å²) in [6.07, 6.45) is 12.2. The highest BCUT2D eigenvalue weighted by atomic mass is 16.4. The minimum Gasteiger partial charge on any atom is -0.481 e. The third-order valence-corrected chi connectivity index (χ3v) is 4.94. The van der Waals surface area contributed by atoms with E-state index in [0.29, 0.717) is 12.5 Å². The van der Waals surface area contributed by atoms with Gasteiger partial charge in [0.15, 0.2) is 0 Å². The number of carboxylic acid groups (broad SMARTS) is 1. The molecule has 0 unspecified atom stereocenters. The number of unbranched alkanes of at least 4 members (excludes halogenated alkanes) is 7. The van der Waals surface area contributed by atoms with Crippen molar-refractivity contribution in [3.63, 3.8) is 0 Å². The second-order valence-corrected chi connectivity index (χ2v) is 8.92. The zero-order chi connectivity index (χ0) is 18.1. The first-order valence-electron chi connectivity index (χ1n) is 9.95. The van der Waals surface area contributed by atoms with E-state index < -0.39 is 5.97 Å². The van der Waals surface area contributed by atoms with E-state index in [9.17, 15) is 4.79 Å². The summed E-state index contributed by atoms with van der Waals surface area (Å²) >= 11 is 0. The van der Waals surface area contributed by atoms with Gasteiger partial charge in [0.25, 0.3) is 0 Å². The Morgan fingerprint density at radius 2 is 1.38 bits per heavy atom. The maximum absolute atomic E-state index is 10.4. The summed E-state index contributed by atoms with van der Waals surface area (Å²) in [5, 5.41) is 16.1. The Morgan fingerprint density at radius 3 is 1.88 bits per heavy atom. The van der Waals surface area contributed by atoms with Crippen LogP contribution in [0.4, 0.5) is 0 Å². The third kappa shape index (κ3) is 10.3. The number of hydrogen-bond acceptors (Lipinski definition) is 3. The molecule has 0 aliphatic carbocycles. The number of piperidine rings is 1. The summed E-state index contributed by atoms with van der Waals surface area (Å²) in [4.78, 5) is 10.4. The zero-order valence-corrected chi connectivity index (χ0v) is 16.4. The van der Waals surface area contributed by atoms with Crippen LogP contribution in [0.3, 0.4) is 0 Å². The van der Waals surface area contributed by atoms with Crippen LogP contribution in [0.25, 0.3) is 0 Å². The Labute approximate surface area is 149 Å². The van der Waals surface area contributed by atoms with E-state index in [1.54, 1.807) is 0 Å². The van der Waals surface area contributed by atoms with Crippen molar-refractivity contribution in [2.24, 2.45) is 0 Å². The van der Waals surface area contributed by atoms with Crippen LogP contribution in [0.15, 0.2) is 0 Å². The highest BCUT2D eigenvalue weighted by Gasteiger charge is 2.37. The highest BCUT2D eigenvalue weighted by Crippen LogP contribution is 2.28. The topological polar surface area (TPSA) is 61.4 Å². The normalized spacial score (nSPS) is 20.2. The first-order valence-corrected chi connectivity index (χ1v) is 9.95. The summed E-state index contributed by atoms with van der Waals surface area (Å²) in [5.74, 6) is -0.664. The average molecular weight is 341 g/mol. The van der Waals surface area contributed by atoms with Gasteiger partial charge in [0, 0.05) is 23.5 Å². The number of hydrogen-bond donors (Lipinski definition) is 3. The van der Waals surface area contributed by atoms with Crippen LogP contribution in [-0.2, 0) is 4.79 Å². The molecule has 0 spiro atoms. The predicted molar refractivity (Wildman–Crippen MR) is 102 cm³/mol. The van der Waals surface area contributed by atoms with Gasteiger partial charge in [-0.1, -0.05) is 38.5 Å². The zero-order valence-electron chi connectivity index (χ0n) is 16.4. The van der Waals surface area contributed by atoms with Crippen LogP contribution in [-0.4, -0.2) is 34.7 Å². The standard InChI is InChI=1S/C20H40N2O2/c1-19(2)15-17(16-20(3,4)22-19)21-14-12-10-8-6-5-7-9-11-13-18(23)24/h17,21-22H,5-16H2,1-4H3,(H,23,24). The lowest BCUT2D eigenvalue weighted by Crippen LogP contribution is -2.61. The lowest BCUT2D eigenvalue weighted by atomic mass is 9.79. The second kappa shape index (κ2) is 10.4. The molecule has 4 nitrogen and oxygen atoms in total. The first-order chi connectivity index (χ1) is 11.2. The molecule has 1 aliphatic rings. The van der Waals surface area contributed by atoms with Crippen molar-refractivity contribution < 1.29 is 9.90 Å². The van der Waals surface area contributed by atoms with Gasteiger partial charge in [-0.15, -0.1) is 0 Å². The van der Waals surface area contributed by atoms with Crippen molar-refractivity contribution in [1.29, 1.82) is 0 Å². The largest absolute Gasteiger partial charge is 0.481 e. The fourth-order valence-electron chi connectivity index (χ4n) is 4.23. The molecule has 0 aromatic carbocycles. The fourth-order valence-corrected chi connectivity index (χ4v) is 4.23. The maximum atomic E-state index is 10.4. The van der Waals surface area contributed by atoms with E-state index >= 15 is 0 Å². The van der Waals surface area contributed by atoms with Gasteiger partial charge in [0.1, 0.15) is 0 Å². The molecule has 0 amide bonds. The Morgan fingerprint density at radius 1 is 0.917 bits per heavy atom. The minimum atomic E-state index is -0.664. The van der Waals surface area contributed by atoms with Gasteiger partial charge < -0.3 is 15.7 Å². The van der Waals surface area contributed by atoms with E-state index in [1.165, 1.54) is 51.4 Å². The molecule has 24 heavy (non-hydrogen) atoms. The molecule has 4 heteroatoms. The molecule has 1 saturated heterocycles. The van der Waals surface area contributed by atoms with Crippen LogP contribution in [0.1, 0.15) is 98.3 Å². The molecular formula is C20H40N2O2. The van der Waals surface area contributed by atoms with E-state index in [-0.39, 0.29) is 11.1 Å². The van der Waals surface area contributed by atoms with E-state index in [4.69, 9.17) is 5.11 Å². The summed E-state index contributed by atoms with van der Waals surface area (Å²) in [6, 6.07) is 0.630. The van der Waals surface area contributed by atoms with Gasteiger partial charge >= 0.3 is 5.97 Å². The van der Waals surface area contributed by atoms with Crippen LogP contribution < -0.4 is 10.6 Å². The SMILES string of the molecule is CC1(C)CC(NCCCCCCCCCCC(=O)O)CC(C)(C)N1. The molecule has 0 bridgehead atoms. The number of aliphatic carboxylic acids is 1. The molecule has 1 fully saturated rings. The van der Waals surface area contributed by atoms with Crippen molar-refractivity contribution in [3.8, 4) is 0 Å². The molecule has 0 aromatic heterocycles. The fraction of sp³-hybridized carbons (Fsp3) is 0.950. The van der Waals surface area contributed by atoms with Crippen molar-refractivity contribution >= 4 is 5.97 Å². The molecule has 1 heterocycles. The number of rotatable bonds is 12. The van der Waals surface area contributed by atoms with Crippen molar-refractivity contribution in [2.45, 2.75) is 115 Å². The third-order valence-electron chi connectivity index (χ3n) is 4.94. The van der Waals surface area contributed by atoms with Crippen LogP contribution in [0.2, 0.25) is 0 Å². The Hall–Kier alpha value is -0.610. The van der Waals surface area contributed by atoms with Crippen molar-refractivity contribution in [1.82, 2.24) is 10.6 Å². The van der Waals surface area contributed by atoms with Crippen molar-refractivity contribution in [2.75, 3.05) is 6.54 Å². The van der Waals surface area contributed by atoms with E-state index in [2.05, 4.69) is 38.3 Å². The van der Waals surface area contributed by atoms with Gasteiger partial charge in [-0.05, 0) is 59.9 Å². The summed E-state index contributed by atoms with van der Waals surface area (Å²) < 4.78 is 0. The summed E-state index contributed by atoms with van der Waals surface area (Å²) in [5.41, 5.74) is 0.445. The van der Waals surface area contributed by atoms with Gasteiger partial charge in [-0.2, -0.15) is 0 Å². The minimum absolute atomic E-state index is 0.222. The molecular weight excluding hydrogens is 300 g/mol.